The molecule has 146 valence electrons. The highest BCUT2D eigenvalue weighted by Gasteiger charge is 2.17. The number of carbonyl (C=O) groups is 1. The quantitative estimate of drug-likeness (QED) is 0.720. The third kappa shape index (κ3) is 4.72. The smallest absolute Gasteiger partial charge is 0.268 e. The average Bonchev–Trinajstić information content (AvgIpc) is 3.07. The number of fused-ring (bicyclic) bond motifs is 1. The first-order chi connectivity index (χ1) is 13.2. The van der Waals surface area contributed by atoms with Gasteiger partial charge in [-0.05, 0) is 58.0 Å². The molecule has 1 aliphatic heterocycles. The molecule has 0 bridgehead atoms. The van der Waals surface area contributed by atoms with E-state index in [1.54, 1.807) is 0 Å². The van der Waals surface area contributed by atoms with Crippen molar-refractivity contribution >= 4 is 16.8 Å². The fraction of sp³-hybridized carbons (Fsp3) is 0.500. The van der Waals surface area contributed by atoms with E-state index in [1.807, 2.05) is 44.2 Å². The van der Waals surface area contributed by atoms with Crippen LogP contribution in [0.1, 0.15) is 43.6 Å². The molecule has 3 rings (SSSR count). The first-order valence-corrected chi connectivity index (χ1v) is 10.1. The number of allylic oxidation sites excluding steroid dienone is 2. The van der Waals surface area contributed by atoms with Gasteiger partial charge in [-0.3, -0.25) is 4.79 Å². The Bertz CT molecular complexity index is 788. The standard InChI is InChI=1S/C22H31N3O2/c1-3-5-15-25-19-10-9-11-21(27-4-2)18(19)17-20(25)22(26)23-12-16-24-13-7-6-8-14-24/h3,5,9-11,17H,4,6-8,12-16H2,1-2H3,(H,23,26)/b5-3-. The number of amides is 1. The minimum atomic E-state index is -0.0184. The van der Waals surface area contributed by atoms with Crippen LogP contribution in [0.4, 0.5) is 0 Å². The second-order valence-corrected chi connectivity index (χ2v) is 6.99. The molecule has 0 saturated carbocycles. The van der Waals surface area contributed by atoms with Crippen LogP contribution < -0.4 is 10.1 Å². The van der Waals surface area contributed by atoms with Crippen molar-refractivity contribution in [2.24, 2.45) is 0 Å². The van der Waals surface area contributed by atoms with Gasteiger partial charge in [0.05, 0.1) is 12.1 Å². The van der Waals surface area contributed by atoms with Crippen LogP contribution in [-0.4, -0.2) is 48.2 Å². The number of hydrogen-bond donors (Lipinski definition) is 1. The summed E-state index contributed by atoms with van der Waals surface area (Å²) in [5, 5.41) is 4.10. The molecule has 0 radical (unpaired) electrons. The number of ether oxygens (including phenoxy) is 1. The SMILES string of the molecule is C/C=C\Cn1c(C(=O)NCCN2CCCCC2)cc2c(OCC)cccc21. The van der Waals surface area contributed by atoms with E-state index in [0.717, 1.165) is 36.3 Å². The maximum absolute atomic E-state index is 12.9. The Morgan fingerprint density at radius 3 is 2.81 bits per heavy atom. The van der Waals surface area contributed by atoms with Gasteiger partial charge < -0.3 is 19.5 Å². The molecule has 2 aromatic rings. The summed E-state index contributed by atoms with van der Waals surface area (Å²) in [6, 6.07) is 7.95. The number of benzene rings is 1. The van der Waals surface area contributed by atoms with Gasteiger partial charge in [0.2, 0.25) is 0 Å². The Hall–Kier alpha value is -2.27. The minimum Gasteiger partial charge on any atom is -0.493 e. The zero-order chi connectivity index (χ0) is 19.1. The minimum absolute atomic E-state index is 0.0184. The van der Waals surface area contributed by atoms with Crippen molar-refractivity contribution in [3.8, 4) is 5.75 Å². The largest absolute Gasteiger partial charge is 0.493 e. The molecule has 1 saturated heterocycles. The van der Waals surface area contributed by atoms with Crippen molar-refractivity contribution in [3.05, 3.63) is 42.1 Å². The monoisotopic (exact) mass is 369 g/mol. The van der Waals surface area contributed by atoms with E-state index in [-0.39, 0.29) is 5.91 Å². The molecule has 1 amide bonds. The second kappa shape index (κ2) is 9.60. The highest BCUT2D eigenvalue weighted by atomic mass is 16.5. The molecule has 27 heavy (non-hydrogen) atoms. The number of nitrogens with one attached hydrogen (secondary N) is 1. The van der Waals surface area contributed by atoms with E-state index in [0.29, 0.717) is 25.4 Å². The van der Waals surface area contributed by atoms with Gasteiger partial charge in [0.25, 0.3) is 5.91 Å². The highest BCUT2D eigenvalue weighted by molar-refractivity contribution is 6.00. The first-order valence-electron chi connectivity index (χ1n) is 10.1. The van der Waals surface area contributed by atoms with Gasteiger partial charge in [0.1, 0.15) is 11.4 Å². The average molecular weight is 370 g/mol. The van der Waals surface area contributed by atoms with Crippen molar-refractivity contribution in [2.75, 3.05) is 32.8 Å². The number of carbonyl (C=O) groups excluding carboxylic acids is 1. The molecule has 0 unspecified atom stereocenters. The van der Waals surface area contributed by atoms with E-state index < -0.39 is 0 Å². The third-order valence-corrected chi connectivity index (χ3v) is 5.12. The summed E-state index contributed by atoms with van der Waals surface area (Å²) in [5.41, 5.74) is 1.72. The summed E-state index contributed by atoms with van der Waals surface area (Å²) >= 11 is 0. The number of hydrogen-bond acceptors (Lipinski definition) is 3. The molecule has 0 atom stereocenters. The Morgan fingerprint density at radius 2 is 2.07 bits per heavy atom. The van der Waals surface area contributed by atoms with Crippen LogP contribution in [-0.2, 0) is 6.54 Å². The number of piperidine rings is 1. The van der Waals surface area contributed by atoms with Gasteiger partial charge >= 0.3 is 0 Å². The zero-order valence-electron chi connectivity index (χ0n) is 16.5. The molecule has 1 aliphatic rings. The Labute approximate surface area is 162 Å². The molecule has 5 nitrogen and oxygen atoms in total. The van der Waals surface area contributed by atoms with Gasteiger partial charge in [0, 0.05) is 25.0 Å². The van der Waals surface area contributed by atoms with Crippen LogP contribution in [0.3, 0.4) is 0 Å². The summed E-state index contributed by atoms with van der Waals surface area (Å²) in [7, 11) is 0. The normalized spacial score (nSPS) is 15.5. The lowest BCUT2D eigenvalue weighted by Crippen LogP contribution is -2.38. The first kappa shape index (κ1) is 19.5. The molecule has 1 aromatic carbocycles. The molecular weight excluding hydrogens is 338 g/mol. The van der Waals surface area contributed by atoms with Crippen molar-refractivity contribution in [3.63, 3.8) is 0 Å². The highest BCUT2D eigenvalue weighted by Crippen LogP contribution is 2.29. The fourth-order valence-corrected chi connectivity index (χ4v) is 3.74. The molecule has 5 heteroatoms. The molecule has 1 N–H and O–H groups in total. The predicted molar refractivity (Wildman–Crippen MR) is 111 cm³/mol. The molecule has 0 aliphatic carbocycles. The van der Waals surface area contributed by atoms with Crippen LogP contribution in [0.2, 0.25) is 0 Å². The van der Waals surface area contributed by atoms with Crippen molar-refractivity contribution in [1.82, 2.24) is 14.8 Å². The van der Waals surface area contributed by atoms with Gasteiger partial charge in [-0.1, -0.05) is 24.6 Å². The summed E-state index contributed by atoms with van der Waals surface area (Å²) < 4.78 is 7.83. The van der Waals surface area contributed by atoms with E-state index in [9.17, 15) is 4.79 Å². The molecule has 1 aromatic heterocycles. The Morgan fingerprint density at radius 1 is 1.26 bits per heavy atom. The van der Waals surface area contributed by atoms with Crippen LogP contribution >= 0.6 is 0 Å². The molecule has 2 heterocycles. The molecule has 0 spiro atoms. The summed E-state index contributed by atoms with van der Waals surface area (Å²) in [6.07, 6.45) is 7.95. The number of aromatic nitrogens is 1. The van der Waals surface area contributed by atoms with Crippen molar-refractivity contribution < 1.29 is 9.53 Å². The van der Waals surface area contributed by atoms with E-state index >= 15 is 0 Å². The summed E-state index contributed by atoms with van der Waals surface area (Å²) in [6.45, 7) is 9.15. The number of likely N-dealkylation sites (tertiary alicyclic amines) is 1. The lowest BCUT2D eigenvalue weighted by Gasteiger charge is -2.26. The van der Waals surface area contributed by atoms with Crippen LogP contribution in [0.25, 0.3) is 10.9 Å². The zero-order valence-corrected chi connectivity index (χ0v) is 16.5. The van der Waals surface area contributed by atoms with Crippen LogP contribution in [0.15, 0.2) is 36.4 Å². The molecule has 1 fully saturated rings. The van der Waals surface area contributed by atoms with Gasteiger partial charge in [-0.2, -0.15) is 0 Å². The maximum atomic E-state index is 12.9. The van der Waals surface area contributed by atoms with Gasteiger partial charge in [-0.25, -0.2) is 0 Å². The Kier molecular flexibility index (Phi) is 6.93. The van der Waals surface area contributed by atoms with Gasteiger partial charge in [-0.15, -0.1) is 0 Å². The van der Waals surface area contributed by atoms with Crippen LogP contribution in [0.5, 0.6) is 5.75 Å². The number of nitrogens with zero attached hydrogens (tertiary/aromatic N) is 2. The second-order valence-electron chi connectivity index (χ2n) is 6.99. The lowest BCUT2D eigenvalue weighted by atomic mass is 10.1. The van der Waals surface area contributed by atoms with Crippen LogP contribution in [0, 0.1) is 0 Å². The van der Waals surface area contributed by atoms with E-state index in [4.69, 9.17) is 4.74 Å². The van der Waals surface area contributed by atoms with Crippen molar-refractivity contribution in [2.45, 2.75) is 39.7 Å². The summed E-state index contributed by atoms with van der Waals surface area (Å²) in [5.74, 6) is 0.812. The summed E-state index contributed by atoms with van der Waals surface area (Å²) in [4.78, 5) is 15.3. The fourth-order valence-electron chi connectivity index (χ4n) is 3.74. The topological polar surface area (TPSA) is 46.5 Å². The number of rotatable bonds is 8. The molecular formula is C22H31N3O2. The van der Waals surface area contributed by atoms with Gasteiger partial charge in [0.15, 0.2) is 0 Å². The third-order valence-electron chi connectivity index (χ3n) is 5.12. The maximum Gasteiger partial charge on any atom is 0.268 e. The van der Waals surface area contributed by atoms with E-state index in [2.05, 4.69) is 20.9 Å². The Balaban J connectivity index is 1.78. The van der Waals surface area contributed by atoms with E-state index in [1.165, 1.54) is 19.3 Å². The van der Waals surface area contributed by atoms with Crippen molar-refractivity contribution in [1.29, 1.82) is 0 Å². The predicted octanol–water partition coefficient (Wildman–Crippen LogP) is 3.83. The lowest BCUT2D eigenvalue weighted by molar-refractivity contribution is 0.0938.